The maximum absolute atomic E-state index is 10.9. The summed E-state index contributed by atoms with van der Waals surface area (Å²) in [6.45, 7) is 0. The van der Waals surface area contributed by atoms with E-state index < -0.39 is 0 Å². The Kier molecular flexibility index (Phi) is 2.93. The van der Waals surface area contributed by atoms with Crippen molar-refractivity contribution in [1.29, 1.82) is 0 Å². The monoisotopic (exact) mass is 360 g/mol. The van der Waals surface area contributed by atoms with Crippen LogP contribution >= 0.6 is 0 Å². The quantitative estimate of drug-likeness (QED) is 0.229. The molecule has 6 aromatic carbocycles. The molecule has 0 bridgehead atoms. The van der Waals surface area contributed by atoms with E-state index in [0.29, 0.717) is 5.39 Å². The Balaban J connectivity index is 2.15. The van der Waals surface area contributed by atoms with Gasteiger partial charge in [0.1, 0.15) is 0 Å². The Morgan fingerprint density at radius 2 is 0.750 bits per heavy atom. The molecule has 0 aliphatic carbocycles. The molecule has 0 radical (unpaired) electrons. The molecule has 0 atom stereocenters. The van der Waals surface area contributed by atoms with Gasteiger partial charge in [-0.25, -0.2) is 0 Å². The molecule has 6 aromatic rings. The Labute approximate surface area is 160 Å². The van der Waals surface area contributed by atoms with Crippen LogP contribution < -0.4 is 0 Å². The second-order valence-electron chi connectivity index (χ2n) is 7.24. The Morgan fingerprint density at radius 1 is 0.357 bits per heavy atom. The lowest BCUT2D eigenvalue weighted by atomic mass is 9.87. The maximum Gasteiger partial charge on any atom is 0.166 e. The van der Waals surface area contributed by atoms with Gasteiger partial charge in [0.25, 0.3) is 0 Å². The van der Waals surface area contributed by atoms with Crippen LogP contribution in [0.3, 0.4) is 0 Å². The van der Waals surface area contributed by atoms with Gasteiger partial charge in [-0.15, -0.1) is 0 Å². The van der Waals surface area contributed by atoms with Gasteiger partial charge in [0.2, 0.25) is 0 Å². The van der Waals surface area contributed by atoms with Crippen LogP contribution in [0.2, 0.25) is 0 Å². The van der Waals surface area contributed by atoms with Gasteiger partial charge in [0.15, 0.2) is 11.5 Å². The number of phenols is 2. The third kappa shape index (κ3) is 1.82. The van der Waals surface area contributed by atoms with Crippen LogP contribution in [-0.4, -0.2) is 10.2 Å². The molecule has 132 valence electrons. The lowest BCUT2D eigenvalue weighted by Crippen LogP contribution is -1.88. The molecule has 0 heterocycles. The number of hydrogen-bond donors (Lipinski definition) is 2. The highest BCUT2D eigenvalue weighted by Gasteiger charge is 2.18. The molecule has 6 rings (SSSR count). The number of benzene rings is 6. The molecule has 0 spiro atoms. The number of fused-ring (bicyclic) bond motifs is 11. The number of aromatic hydroxyl groups is 2. The standard InChI is InChI=1S/C26H16O2/c27-22-14-13-21-17-9-3-5-11-19(17)23-18-10-4-1-7-15(18)16-8-2-6-12-20(16)24(23)25(21)26(22)28/h1-14,27-28H. The van der Waals surface area contributed by atoms with Gasteiger partial charge >= 0.3 is 0 Å². The zero-order valence-electron chi connectivity index (χ0n) is 15.0. The van der Waals surface area contributed by atoms with E-state index in [-0.39, 0.29) is 11.5 Å². The van der Waals surface area contributed by atoms with Crippen molar-refractivity contribution in [3.05, 3.63) is 84.9 Å². The molecule has 2 nitrogen and oxygen atoms in total. The van der Waals surface area contributed by atoms with Crippen molar-refractivity contribution < 1.29 is 10.2 Å². The van der Waals surface area contributed by atoms with E-state index in [9.17, 15) is 10.2 Å². The van der Waals surface area contributed by atoms with Crippen molar-refractivity contribution >= 4 is 53.9 Å². The average molecular weight is 360 g/mol. The highest BCUT2D eigenvalue weighted by atomic mass is 16.3. The van der Waals surface area contributed by atoms with E-state index in [1.807, 2.05) is 24.3 Å². The summed E-state index contributed by atoms with van der Waals surface area (Å²) in [5.74, 6) is -0.157. The van der Waals surface area contributed by atoms with Crippen LogP contribution in [0.4, 0.5) is 0 Å². The van der Waals surface area contributed by atoms with Crippen LogP contribution in [0, 0.1) is 0 Å². The minimum absolute atomic E-state index is 0.0614. The SMILES string of the molecule is Oc1ccc2c3ccccc3c3c4ccccc4c4ccccc4c3c2c1O. The molecule has 0 fully saturated rings. The van der Waals surface area contributed by atoms with Crippen molar-refractivity contribution in [3.63, 3.8) is 0 Å². The highest BCUT2D eigenvalue weighted by Crippen LogP contribution is 2.47. The van der Waals surface area contributed by atoms with Crippen LogP contribution in [0.15, 0.2) is 84.9 Å². The Morgan fingerprint density at radius 3 is 1.29 bits per heavy atom. The molecule has 2 heteroatoms. The Bertz CT molecular complexity index is 1560. The van der Waals surface area contributed by atoms with E-state index in [4.69, 9.17) is 0 Å². The molecule has 0 saturated heterocycles. The molecule has 0 aromatic heterocycles. The van der Waals surface area contributed by atoms with E-state index in [1.165, 1.54) is 5.39 Å². The third-order valence-corrected chi connectivity index (χ3v) is 5.83. The second-order valence-corrected chi connectivity index (χ2v) is 7.24. The zero-order chi connectivity index (χ0) is 18.8. The summed E-state index contributed by atoms with van der Waals surface area (Å²) in [4.78, 5) is 0. The molecule has 28 heavy (non-hydrogen) atoms. The van der Waals surface area contributed by atoms with Gasteiger partial charge in [-0.05, 0) is 55.2 Å². The average Bonchev–Trinajstić information content (AvgIpc) is 2.75. The summed E-state index contributed by atoms with van der Waals surface area (Å²) in [7, 11) is 0. The largest absolute Gasteiger partial charge is 0.504 e. The number of hydrogen-bond acceptors (Lipinski definition) is 2. The predicted molar refractivity (Wildman–Crippen MR) is 117 cm³/mol. The fourth-order valence-corrected chi connectivity index (χ4v) is 4.67. The molecule has 0 unspecified atom stereocenters. The first-order valence-corrected chi connectivity index (χ1v) is 9.34. The van der Waals surface area contributed by atoms with Crippen LogP contribution in [-0.2, 0) is 0 Å². The highest BCUT2D eigenvalue weighted by molar-refractivity contribution is 6.40. The lowest BCUT2D eigenvalue weighted by molar-refractivity contribution is 0.408. The first-order chi connectivity index (χ1) is 13.8. The first kappa shape index (κ1) is 15.3. The molecular formula is C26H16O2. The lowest BCUT2D eigenvalue weighted by Gasteiger charge is -2.17. The van der Waals surface area contributed by atoms with Crippen LogP contribution in [0.1, 0.15) is 0 Å². The number of phenolic OH excluding ortho intramolecular Hbond substituents is 2. The minimum atomic E-state index is -0.0960. The maximum atomic E-state index is 10.9. The predicted octanol–water partition coefficient (Wildman–Crippen LogP) is 6.86. The van der Waals surface area contributed by atoms with E-state index in [0.717, 1.165) is 43.1 Å². The molecular weight excluding hydrogens is 344 g/mol. The summed E-state index contributed by atoms with van der Waals surface area (Å²) < 4.78 is 0. The normalized spacial score (nSPS) is 11.9. The minimum Gasteiger partial charge on any atom is -0.504 e. The van der Waals surface area contributed by atoms with E-state index in [1.54, 1.807) is 6.07 Å². The van der Waals surface area contributed by atoms with Crippen LogP contribution in [0.25, 0.3) is 53.9 Å². The van der Waals surface area contributed by atoms with Gasteiger partial charge in [-0.3, -0.25) is 0 Å². The van der Waals surface area contributed by atoms with Crippen LogP contribution in [0.5, 0.6) is 11.5 Å². The van der Waals surface area contributed by atoms with E-state index in [2.05, 4.69) is 54.6 Å². The summed E-state index contributed by atoms with van der Waals surface area (Å²) in [6, 6.07) is 28.5. The van der Waals surface area contributed by atoms with Crippen molar-refractivity contribution in [3.8, 4) is 11.5 Å². The fraction of sp³-hybridized carbons (Fsp3) is 0. The topological polar surface area (TPSA) is 40.5 Å². The van der Waals surface area contributed by atoms with Gasteiger partial charge < -0.3 is 10.2 Å². The van der Waals surface area contributed by atoms with Crippen molar-refractivity contribution in [2.24, 2.45) is 0 Å². The fourth-order valence-electron chi connectivity index (χ4n) is 4.67. The van der Waals surface area contributed by atoms with Gasteiger partial charge in [-0.1, -0.05) is 72.8 Å². The van der Waals surface area contributed by atoms with Gasteiger partial charge in [0.05, 0.1) is 0 Å². The van der Waals surface area contributed by atoms with Crippen molar-refractivity contribution in [2.45, 2.75) is 0 Å². The molecule has 0 aliphatic heterocycles. The van der Waals surface area contributed by atoms with Gasteiger partial charge in [0, 0.05) is 10.8 Å². The third-order valence-electron chi connectivity index (χ3n) is 5.83. The summed E-state index contributed by atoms with van der Waals surface area (Å²) in [5.41, 5.74) is 0. The van der Waals surface area contributed by atoms with Gasteiger partial charge in [-0.2, -0.15) is 0 Å². The molecule has 0 amide bonds. The van der Waals surface area contributed by atoms with Crippen molar-refractivity contribution in [1.82, 2.24) is 0 Å². The zero-order valence-corrected chi connectivity index (χ0v) is 15.0. The summed E-state index contributed by atoms with van der Waals surface area (Å²) in [6.07, 6.45) is 0. The van der Waals surface area contributed by atoms with Crippen molar-refractivity contribution in [2.75, 3.05) is 0 Å². The van der Waals surface area contributed by atoms with E-state index >= 15 is 0 Å². The Hall–Kier alpha value is -3.78. The smallest absolute Gasteiger partial charge is 0.166 e. The molecule has 0 saturated carbocycles. The first-order valence-electron chi connectivity index (χ1n) is 9.34. The second kappa shape index (κ2) is 5.37. The summed E-state index contributed by atoms with van der Waals surface area (Å²) >= 11 is 0. The molecule has 0 aliphatic rings. The number of rotatable bonds is 0. The molecule has 2 N–H and O–H groups in total. The summed E-state index contributed by atoms with van der Waals surface area (Å²) in [5, 5.41) is 31.7.